The number of halogens is 3. The van der Waals surface area contributed by atoms with Crippen molar-refractivity contribution in [2.45, 2.75) is 11.5 Å². The maximum atomic E-state index is 14.8. The number of carbonyl (C=O) groups is 2. The van der Waals surface area contributed by atoms with Crippen molar-refractivity contribution in [1.29, 1.82) is 0 Å². The van der Waals surface area contributed by atoms with Gasteiger partial charge in [0.05, 0.1) is 11.5 Å². The highest BCUT2D eigenvalue weighted by atomic mass is 19.2. The molecule has 6 nitrogen and oxygen atoms in total. The van der Waals surface area contributed by atoms with Crippen molar-refractivity contribution >= 4 is 17.4 Å². The minimum atomic E-state index is -1.78. The second-order valence-electron chi connectivity index (χ2n) is 8.57. The Hall–Kier alpha value is -3.85. The van der Waals surface area contributed by atoms with Crippen LogP contribution >= 0.6 is 0 Å². The molecule has 0 saturated carbocycles. The van der Waals surface area contributed by atoms with Gasteiger partial charge in [-0.15, -0.1) is 0 Å². The normalized spacial score (nSPS) is 23.8. The average molecular weight is 468 g/mol. The molecule has 3 aromatic carbocycles. The Bertz CT molecular complexity index is 1360. The fourth-order valence-corrected chi connectivity index (χ4v) is 5.35. The van der Waals surface area contributed by atoms with E-state index in [0.717, 1.165) is 6.07 Å². The Kier molecular flexibility index (Phi) is 4.91. The van der Waals surface area contributed by atoms with Crippen LogP contribution in [-0.2, 0) is 10.3 Å². The number of anilines is 1. The third kappa shape index (κ3) is 2.86. The van der Waals surface area contributed by atoms with E-state index in [0.29, 0.717) is 22.9 Å². The van der Waals surface area contributed by atoms with Gasteiger partial charge in [-0.1, -0.05) is 24.3 Å². The summed E-state index contributed by atoms with van der Waals surface area (Å²) < 4.78 is 42.4. The van der Waals surface area contributed by atoms with Gasteiger partial charge in [0.1, 0.15) is 5.54 Å². The van der Waals surface area contributed by atoms with Gasteiger partial charge in [0.25, 0.3) is 0 Å². The summed E-state index contributed by atoms with van der Waals surface area (Å²) in [5, 5.41) is 22.6. The number of carbonyl (C=O) groups excluding carboxylic acids is 2. The predicted octanol–water partition coefficient (Wildman–Crippen LogP) is 3.89. The molecule has 174 valence electrons. The lowest BCUT2D eigenvalue weighted by Crippen LogP contribution is -2.51. The van der Waals surface area contributed by atoms with Crippen LogP contribution in [0.15, 0.2) is 54.6 Å². The number of aromatic hydroxyl groups is 2. The lowest BCUT2D eigenvalue weighted by Gasteiger charge is -2.35. The Morgan fingerprint density at radius 1 is 1.03 bits per heavy atom. The molecule has 0 aromatic heterocycles. The van der Waals surface area contributed by atoms with Crippen LogP contribution in [0.25, 0.3) is 0 Å². The van der Waals surface area contributed by atoms with Crippen molar-refractivity contribution in [1.82, 2.24) is 4.90 Å². The number of rotatable bonds is 3. The highest BCUT2D eigenvalue weighted by Gasteiger charge is 2.64. The topological polar surface area (TPSA) is 89.9 Å². The molecule has 1 amide bonds. The number of amides is 1. The number of Topliss-reactive ketones (excluding diaryl/α,β-unsaturated/α-hetero) is 1. The molecule has 1 saturated heterocycles. The van der Waals surface area contributed by atoms with Gasteiger partial charge in [-0.3, -0.25) is 14.5 Å². The number of ketones is 1. The zero-order chi connectivity index (χ0) is 24.4. The Morgan fingerprint density at radius 3 is 2.50 bits per heavy atom. The molecular weight excluding hydrogens is 449 g/mol. The summed E-state index contributed by atoms with van der Waals surface area (Å²) >= 11 is 0. The summed E-state index contributed by atoms with van der Waals surface area (Å²) in [6.45, 7) is 0.147. The maximum absolute atomic E-state index is 14.8. The SMILES string of the molecule is CN1CC(c2ccc(O)c(O)c2)C(C(=O)c2ccc(F)c(F)c2F)C12C(=O)Nc1ccccc12. The van der Waals surface area contributed by atoms with Crippen molar-refractivity contribution in [2.24, 2.45) is 5.92 Å². The van der Waals surface area contributed by atoms with Crippen LogP contribution in [0.1, 0.15) is 27.4 Å². The molecule has 1 spiro atoms. The maximum Gasteiger partial charge on any atom is 0.250 e. The third-order valence-corrected chi connectivity index (χ3v) is 6.87. The van der Waals surface area contributed by atoms with Gasteiger partial charge in [-0.25, -0.2) is 13.2 Å². The highest BCUT2D eigenvalue weighted by molar-refractivity contribution is 6.12. The van der Waals surface area contributed by atoms with Crippen molar-refractivity contribution in [2.75, 3.05) is 18.9 Å². The second-order valence-corrected chi connectivity index (χ2v) is 8.57. The van der Waals surface area contributed by atoms with E-state index in [1.165, 1.54) is 18.2 Å². The fraction of sp³-hybridized carbons (Fsp3) is 0.200. The van der Waals surface area contributed by atoms with Crippen molar-refractivity contribution in [3.63, 3.8) is 0 Å². The second kappa shape index (κ2) is 7.59. The molecule has 2 aliphatic rings. The summed E-state index contributed by atoms with van der Waals surface area (Å²) in [4.78, 5) is 29.0. The third-order valence-electron chi connectivity index (χ3n) is 6.87. The van der Waals surface area contributed by atoms with Crippen molar-refractivity contribution in [3.05, 3.63) is 88.7 Å². The molecule has 2 aliphatic heterocycles. The quantitative estimate of drug-likeness (QED) is 0.308. The molecule has 3 aromatic rings. The molecule has 2 heterocycles. The van der Waals surface area contributed by atoms with Gasteiger partial charge < -0.3 is 15.5 Å². The fourth-order valence-electron chi connectivity index (χ4n) is 5.35. The van der Waals surface area contributed by atoms with Crippen LogP contribution in [0.2, 0.25) is 0 Å². The van der Waals surface area contributed by atoms with E-state index in [-0.39, 0.29) is 12.3 Å². The van der Waals surface area contributed by atoms with E-state index in [1.807, 2.05) is 0 Å². The molecule has 3 atom stereocenters. The van der Waals surface area contributed by atoms with Crippen LogP contribution < -0.4 is 5.32 Å². The van der Waals surface area contributed by atoms with Crippen molar-refractivity contribution < 1.29 is 33.0 Å². The van der Waals surface area contributed by atoms with Gasteiger partial charge in [-0.2, -0.15) is 0 Å². The summed E-state index contributed by atoms with van der Waals surface area (Å²) in [5.41, 5.74) is -0.851. The number of phenols is 2. The van der Waals surface area contributed by atoms with Crippen LogP contribution in [0.4, 0.5) is 18.9 Å². The number of likely N-dealkylation sites (tertiary alicyclic amines) is 1. The smallest absolute Gasteiger partial charge is 0.250 e. The number of hydrogen-bond acceptors (Lipinski definition) is 5. The molecule has 3 unspecified atom stereocenters. The van der Waals surface area contributed by atoms with Gasteiger partial charge in [-0.05, 0) is 42.9 Å². The zero-order valence-electron chi connectivity index (χ0n) is 17.8. The number of fused-ring (bicyclic) bond motifs is 2. The number of hydrogen-bond donors (Lipinski definition) is 3. The van der Waals surface area contributed by atoms with Crippen LogP contribution in [0.3, 0.4) is 0 Å². The Balaban J connectivity index is 1.76. The van der Waals surface area contributed by atoms with E-state index < -0.39 is 57.8 Å². The monoisotopic (exact) mass is 468 g/mol. The minimum Gasteiger partial charge on any atom is -0.504 e. The van der Waals surface area contributed by atoms with E-state index in [1.54, 1.807) is 36.2 Å². The molecule has 0 radical (unpaired) electrons. The molecule has 0 aliphatic carbocycles. The molecule has 9 heteroatoms. The number of likely N-dealkylation sites (N-methyl/N-ethyl adjacent to an activating group) is 1. The number of para-hydroxylation sites is 1. The van der Waals surface area contributed by atoms with Gasteiger partial charge >= 0.3 is 0 Å². The van der Waals surface area contributed by atoms with E-state index in [2.05, 4.69) is 5.32 Å². The Labute approximate surface area is 192 Å². The first-order valence-corrected chi connectivity index (χ1v) is 10.5. The van der Waals surface area contributed by atoms with Gasteiger partial charge in [0, 0.05) is 23.7 Å². The minimum absolute atomic E-state index is 0.147. The van der Waals surface area contributed by atoms with Gasteiger partial charge in [0.15, 0.2) is 34.7 Å². The van der Waals surface area contributed by atoms with Crippen molar-refractivity contribution in [3.8, 4) is 11.5 Å². The summed E-state index contributed by atoms with van der Waals surface area (Å²) in [5.74, 6) is -9.05. The van der Waals surface area contributed by atoms with E-state index >= 15 is 0 Å². The molecule has 1 fully saturated rings. The Morgan fingerprint density at radius 2 is 1.76 bits per heavy atom. The average Bonchev–Trinajstić information content (AvgIpc) is 3.29. The molecule has 5 rings (SSSR count). The molecular formula is C25H19F3N2O4. The summed E-state index contributed by atoms with van der Waals surface area (Å²) in [6.07, 6.45) is 0. The molecule has 3 N–H and O–H groups in total. The van der Waals surface area contributed by atoms with E-state index in [9.17, 15) is 33.0 Å². The summed E-state index contributed by atoms with van der Waals surface area (Å²) in [6, 6.07) is 12.3. The first-order chi connectivity index (χ1) is 16.2. The zero-order valence-corrected chi connectivity index (χ0v) is 17.8. The van der Waals surface area contributed by atoms with Crippen LogP contribution in [0.5, 0.6) is 11.5 Å². The summed E-state index contributed by atoms with van der Waals surface area (Å²) in [7, 11) is 1.64. The highest BCUT2D eigenvalue weighted by Crippen LogP contribution is 2.56. The molecule has 0 bridgehead atoms. The number of phenolic OH excluding ortho intramolecular Hbond substituents is 2. The lowest BCUT2D eigenvalue weighted by atomic mass is 9.70. The number of benzene rings is 3. The first kappa shape index (κ1) is 22.0. The van der Waals surface area contributed by atoms with E-state index in [4.69, 9.17) is 0 Å². The number of nitrogens with one attached hydrogen (secondary N) is 1. The van der Waals surface area contributed by atoms with Gasteiger partial charge in [0.2, 0.25) is 5.91 Å². The molecule has 34 heavy (non-hydrogen) atoms. The van der Waals surface area contributed by atoms with Crippen LogP contribution in [0, 0.1) is 23.4 Å². The standard InChI is InChI=1S/C25H19F3N2O4/c1-30-11-14(12-6-9-18(31)19(32)10-12)20(23(33)13-7-8-16(26)22(28)21(13)27)25(30)15-4-2-3-5-17(15)29-24(25)34/h2-10,14,20,31-32H,11H2,1H3,(H,29,34). The largest absolute Gasteiger partial charge is 0.504 e. The van der Waals surface area contributed by atoms with Crippen LogP contribution in [-0.4, -0.2) is 40.4 Å². The first-order valence-electron chi connectivity index (χ1n) is 10.5. The number of nitrogens with zero attached hydrogens (tertiary/aromatic N) is 1. The lowest BCUT2D eigenvalue weighted by molar-refractivity contribution is -0.126. The predicted molar refractivity (Wildman–Crippen MR) is 116 cm³/mol.